The number of nitrogens with one attached hydrogen (secondary N) is 2. The molecule has 148 valence electrons. The second kappa shape index (κ2) is 10.3. The quantitative estimate of drug-likeness (QED) is 0.709. The minimum absolute atomic E-state index is 0.130. The van der Waals surface area contributed by atoms with E-state index in [1.165, 1.54) is 12.0 Å². The molecule has 0 aliphatic carbocycles. The van der Waals surface area contributed by atoms with Crippen LogP contribution in [0.15, 0.2) is 48.5 Å². The highest BCUT2D eigenvalue weighted by molar-refractivity contribution is 6.33. The summed E-state index contributed by atoms with van der Waals surface area (Å²) in [5, 5.41) is 5.55. The minimum Gasteiger partial charge on any atom is -0.497 e. The summed E-state index contributed by atoms with van der Waals surface area (Å²) in [6.07, 6.45) is 0. The van der Waals surface area contributed by atoms with Crippen molar-refractivity contribution in [2.45, 2.75) is 6.92 Å². The Morgan fingerprint density at radius 1 is 1.11 bits per heavy atom. The van der Waals surface area contributed by atoms with Crippen LogP contribution in [0.3, 0.4) is 0 Å². The Balaban J connectivity index is 1.89. The average Bonchev–Trinajstić information content (AvgIpc) is 2.70. The van der Waals surface area contributed by atoms with Crippen molar-refractivity contribution in [1.29, 1.82) is 0 Å². The van der Waals surface area contributed by atoms with Crippen LogP contribution in [0.1, 0.15) is 17.3 Å². The van der Waals surface area contributed by atoms with Gasteiger partial charge in [0, 0.05) is 18.3 Å². The number of hydrogen-bond acceptors (Lipinski definition) is 4. The lowest BCUT2D eigenvalue weighted by atomic mass is 10.2. The van der Waals surface area contributed by atoms with E-state index in [9.17, 15) is 14.4 Å². The number of rotatable bonds is 8. The first-order chi connectivity index (χ1) is 13.4. The van der Waals surface area contributed by atoms with Crippen LogP contribution in [0.25, 0.3) is 0 Å². The molecule has 0 unspecified atom stereocenters. The molecule has 0 saturated carbocycles. The fourth-order valence-electron chi connectivity index (χ4n) is 2.46. The fourth-order valence-corrected chi connectivity index (χ4v) is 2.68. The summed E-state index contributed by atoms with van der Waals surface area (Å²) in [5.41, 5.74) is 0.857. The van der Waals surface area contributed by atoms with Gasteiger partial charge in [-0.3, -0.25) is 14.4 Å². The topological polar surface area (TPSA) is 87.7 Å². The van der Waals surface area contributed by atoms with Crippen molar-refractivity contribution in [3.8, 4) is 5.75 Å². The SMILES string of the molecule is CCN(CC(=O)Nc1cccc(OC)c1)C(=O)CNC(=O)c1ccccc1Cl. The van der Waals surface area contributed by atoms with E-state index in [4.69, 9.17) is 16.3 Å². The van der Waals surface area contributed by atoms with Gasteiger partial charge in [0.25, 0.3) is 5.91 Å². The van der Waals surface area contributed by atoms with Gasteiger partial charge in [0.1, 0.15) is 5.75 Å². The summed E-state index contributed by atoms with van der Waals surface area (Å²) in [5.74, 6) is -0.552. The summed E-state index contributed by atoms with van der Waals surface area (Å²) in [7, 11) is 1.54. The van der Waals surface area contributed by atoms with Crippen molar-refractivity contribution in [2.75, 3.05) is 32.1 Å². The molecule has 0 fully saturated rings. The Morgan fingerprint density at radius 3 is 2.54 bits per heavy atom. The largest absolute Gasteiger partial charge is 0.497 e. The zero-order chi connectivity index (χ0) is 20.5. The molecule has 2 aromatic carbocycles. The molecular formula is C20H22ClN3O4. The lowest BCUT2D eigenvalue weighted by Crippen LogP contribution is -2.43. The molecule has 0 aliphatic rings. The number of benzene rings is 2. The molecule has 2 aromatic rings. The number of carbonyl (C=O) groups excluding carboxylic acids is 3. The van der Waals surface area contributed by atoms with E-state index in [0.29, 0.717) is 23.0 Å². The van der Waals surface area contributed by atoms with Gasteiger partial charge in [-0.2, -0.15) is 0 Å². The van der Waals surface area contributed by atoms with Gasteiger partial charge in [-0.05, 0) is 31.2 Å². The molecule has 0 aliphatic heterocycles. The van der Waals surface area contributed by atoms with Gasteiger partial charge in [-0.15, -0.1) is 0 Å². The van der Waals surface area contributed by atoms with Gasteiger partial charge in [-0.25, -0.2) is 0 Å². The molecular weight excluding hydrogens is 382 g/mol. The van der Waals surface area contributed by atoms with Crippen LogP contribution in [0.4, 0.5) is 5.69 Å². The van der Waals surface area contributed by atoms with E-state index in [2.05, 4.69) is 10.6 Å². The fraction of sp³-hybridized carbons (Fsp3) is 0.250. The molecule has 0 heterocycles. The maximum Gasteiger partial charge on any atom is 0.253 e. The third-order valence-corrected chi connectivity index (χ3v) is 4.27. The molecule has 7 nitrogen and oxygen atoms in total. The van der Waals surface area contributed by atoms with E-state index in [1.807, 2.05) is 0 Å². The summed E-state index contributed by atoms with van der Waals surface area (Å²) in [6, 6.07) is 13.5. The Labute approximate surface area is 168 Å². The van der Waals surface area contributed by atoms with Gasteiger partial charge in [0.2, 0.25) is 11.8 Å². The van der Waals surface area contributed by atoms with Crippen molar-refractivity contribution < 1.29 is 19.1 Å². The predicted octanol–water partition coefficient (Wildman–Crippen LogP) is 2.57. The van der Waals surface area contributed by atoms with Gasteiger partial charge in [0.15, 0.2) is 0 Å². The second-order valence-electron chi connectivity index (χ2n) is 5.85. The van der Waals surface area contributed by atoms with Crippen molar-refractivity contribution >= 4 is 35.0 Å². The van der Waals surface area contributed by atoms with Crippen LogP contribution < -0.4 is 15.4 Å². The van der Waals surface area contributed by atoms with E-state index < -0.39 is 5.91 Å². The van der Waals surface area contributed by atoms with Crippen molar-refractivity contribution in [3.63, 3.8) is 0 Å². The lowest BCUT2D eigenvalue weighted by molar-refractivity contribution is -0.133. The number of carbonyl (C=O) groups is 3. The zero-order valence-electron chi connectivity index (χ0n) is 15.7. The number of likely N-dealkylation sites (N-methyl/N-ethyl adjacent to an activating group) is 1. The molecule has 0 aromatic heterocycles. The molecule has 2 N–H and O–H groups in total. The third kappa shape index (κ3) is 5.99. The highest BCUT2D eigenvalue weighted by atomic mass is 35.5. The molecule has 0 spiro atoms. The Bertz CT molecular complexity index is 857. The maximum atomic E-state index is 12.4. The lowest BCUT2D eigenvalue weighted by Gasteiger charge is -2.20. The summed E-state index contributed by atoms with van der Waals surface area (Å²) >= 11 is 5.97. The van der Waals surface area contributed by atoms with Crippen LogP contribution in [-0.4, -0.2) is 49.4 Å². The summed E-state index contributed by atoms with van der Waals surface area (Å²) in [4.78, 5) is 38.1. The Morgan fingerprint density at radius 2 is 1.86 bits per heavy atom. The van der Waals surface area contributed by atoms with Crippen LogP contribution in [0.2, 0.25) is 5.02 Å². The second-order valence-corrected chi connectivity index (χ2v) is 6.26. The van der Waals surface area contributed by atoms with Crippen LogP contribution in [-0.2, 0) is 9.59 Å². The Kier molecular flexibility index (Phi) is 7.83. The number of hydrogen-bond donors (Lipinski definition) is 2. The molecule has 8 heteroatoms. The standard InChI is InChI=1S/C20H22ClN3O4/c1-3-24(13-18(25)23-14-7-6-8-15(11-14)28-2)19(26)12-22-20(27)16-9-4-5-10-17(16)21/h4-11H,3,12-13H2,1-2H3,(H,22,27)(H,23,25). The van der Waals surface area contributed by atoms with Crippen LogP contribution >= 0.6 is 11.6 Å². The molecule has 0 bridgehead atoms. The van der Waals surface area contributed by atoms with Gasteiger partial charge < -0.3 is 20.3 Å². The first kappa shape index (κ1) is 21.2. The molecule has 0 radical (unpaired) electrons. The van der Waals surface area contributed by atoms with E-state index >= 15 is 0 Å². The number of ether oxygens (including phenoxy) is 1. The summed E-state index contributed by atoms with van der Waals surface area (Å²) in [6.45, 7) is 1.72. The smallest absolute Gasteiger partial charge is 0.253 e. The first-order valence-electron chi connectivity index (χ1n) is 8.69. The Hall–Kier alpha value is -3.06. The van der Waals surface area contributed by atoms with E-state index in [0.717, 1.165) is 0 Å². The maximum absolute atomic E-state index is 12.4. The van der Waals surface area contributed by atoms with Crippen LogP contribution in [0, 0.1) is 0 Å². The van der Waals surface area contributed by atoms with Gasteiger partial charge in [-0.1, -0.05) is 29.8 Å². The predicted molar refractivity (Wildman–Crippen MR) is 108 cm³/mol. The minimum atomic E-state index is -0.448. The highest BCUT2D eigenvalue weighted by Gasteiger charge is 2.17. The summed E-state index contributed by atoms with van der Waals surface area (Å²) < 4.78 is 5.11. The number of anilines is 1. The molecule has 28 heavy (non-hydrogen) atoms. The monoisotopic (exact) mass is 403 g/mol. The number of methoxy groups -OCH3 is 1. The zero-order valence-corrected chi connectivity index (χ0v) is 16.5. The third-order valence-electron chi connectivity index (χ3n) is 3.94. The van der Waals surface area contributed by atoms with Gasteiger partial charge in [0.05, 0.1) is 30.8 Å². The van der Waals surface area contributed by atoms with Crippen molar-refractivity contribution in [2.24, 2.45) is 0 Å². The van der Waals surface area contributed by atoms with Gasteiger partial charge >= 0.3 is 0 Å². The van der Waals surface area contributed by atoms with E-state index in [-0.39, 0.29) is 30.5 Å². The van der Waals surface area contributed by atoms with Crippen molar-refractivity contribution in [3.05, 3.63) is 59.1 Å². The van der Waals surface area contributed by atoms with Crippen LogP contribution in [0.5, 0.6) is 5.75 Å². The number of amides is 3. The molecule has 0 atom stereocenters. The van der Waals surface area contributed by atoms with Crippen molar-refractivity contribution in [1.82, 2.24) is 10.2 Å². The molecule has 0 saturated heterocycles. The normalized spacial score (nSPS) is 10.1. The number of nitrogens with zero attached hydrogens (tertiary/aromatic N) is 1. The van der Waals surface area contributed by atoms with E-state index in [1.54, 1.807) is 55.5 Å². The first-order valence-corrected chi connectivity index (χ1v) is 9.06. The average molecular weight is 404 g/mol. The highest BCUT2D eigenvalue weighted by Crippen LogP contribution is 2.16. The molecule has 2 rings (SSSR count). The molecule has 3 amide bonds. The number of halogens is 1.